The van der Waals surface area contributed by atoms with Crippen LogP contribution in [-0.2, 0) is 0 Å². The molecule has 0 saturated carbocycles. The van der Waals surface area contributed by atoms with Crippen LogP contribution in [0.3, 0.4) is 0 Å². The fourth-order valence-corrected chi connectivity index (χ4v) is 2.81. The Bertz CT molecular complexity index is 695. The summed E-state index contributed by atoms with van der Waals surface area (Å²) in [4.78, 5) is 18.3. The number of aryl methyl sites for hydroxylation is 2. The zero-order valence-electron chi connectivity index (χ0n) is 14.2. The second-order valence-electron chi connectivity index (χ2n) is 6.22. The quantitative estimate of drug-likeness (QED) is 0.934. The lowest BCUT2D eigenvalue weighted by atomic mass is 10.1. The van der Waals surface area contributed by atoms with Gasteiger partial charge in [0, 0.05) is 37.8 Å². The van der Waals surface area contributed by atoms with Crippen LogP contribution >= 0.6 is 0 Å². The largest absolute Gasteiger partial charge is 0.489 e. The van der Waals surface area contributed by atoms with E-state index in [0.717, 1.165) is 24.3 Å². The van der Waals surface area contributed by atoms with E-state index in [-0.39, 0.29) is 12.1 Å². The maximum atomic E-state index is 12.4. The Balaban J connectivity index is 1.50. The number of carbonyl (C=O) groups excluding carboxylic acids is 1. The molecular formula is C19H23N3O2. The van der Waals surface area contributed by atoms with Gasteiger partial charge in [-0.3, -0.25) is 4.98 Å². The molecule has 1 N–H and O–H groups in total. The number of aromatic nitrogens is 1. The lowest BCUT2D eigenvalue weighted by Crippen LogP contribution is -2.43. The summed E-state index contributed by atoms with van der Waals surface area (Å²) < 4.78 is 5.91. The molecule has 0 spiro atoms. The Kier molecular flexibility index (Phi) is 4.99. The van der Waals surface area contributed by atoms with Crippen LogP contribution < -0.4 is 10.1 Å². The van der Waals surface area contributed by atoms with Crippen molar-refractivity contribution in [3.8, 4) is 5.75 Å². The minimum absolute atomic E-state index is 0.0434. The maximum Gasteiger partial charge on any atom is 0.321 e. The van der Waals surface area contributed by atoms with Gasteiger partial charge in [0.1, 0.15) is 11.9 Å². The number of nitrogens with zero attached hydrogens (tertiary/aromatic N) is 2. The van der Waals surface area contributed by atoms with E-state index in [4.69, 9.17) is 4.74 Å². The fraction of sp³-hybridized carbons (Fsp3) is 0.368. The predicted molar refractivity (Wildman–Crippen MR) is 94.4 cm³/mol. The first-order valence-electron chi connectivity index (χ1n) is 8.31. The summed E-state index contributed by atoms with van der Waals surface area (Å²) in [7, 11) is 0. The number of rotatable bonds is 3. The van der Waals surface area contributed by atoms with Crippen molar-refractivity contribution in [2.24, 2.45) is 0 Å². The average Bonchev–Trinajstić information content (AvgIpc) is 2.60. The van der Waals surface area contributed by atoms with Crippen LogP contribution in [0.15, 0.2) is 42.7 Å². The van der Waals surface area contributed by atoms with Crippen LogP contribution in [0.2, 0.25) is 0 Å². The third kappa shape index (κ3) is 4.04. The summed E-state index contributed by atoms with van der Waals surface area (Å²) in [6, 6.07) is 9.70. The Morgan fingerprint density at radius 1 is 1.21 bits per heavy atom. The van der Waals surface area contributed by atoms with Crippen LogP contribution in [0.5, 0.6) is 5.75 Å². The molecule has 2 aromatic rings. The van der Waals surface area contributed by atoms with E-state index in [9.17, 15) is 4.79 Å². The third-order valence-corrected chi connectivity index (χ3v) is 4.42. The van der Waals surface area contributed by atoms with Gasteiger partial charge < -0.3 is 15.0 Å². The molecule has 2 heterocycles. The maximum absolute atomic E-state index is 12.4. The zero-order valence-corrected chi connectivity index (χ0v) is 14.2. The predicted octanol–water partition coefficient (Wildman–Crippen LogP) is 3.77. The number of hydrogen-bond acceptors (Lipinski definition) is 3. The summed E-state index contributed by atoms with van der Waals surface area (Å²) >= 11 is 0. The van der Waals surface area contributed by atoms with E-state index in [2.05, 4.69) is 17.2 Å². The van der Waals surface area contributed by atoms with Crippen LogP contribution in [0.25, 0.3) is 0 Å². The van der Waals surface area contributed by atoms with E-state index in [1.807, 2.05) is 42.2 Å². The van der Waals surface area contributed by atoms with Gasteiger partial charge in [0.25, 0.3) is 0 Å². The minimum atomic E-state index is -0.0434. The number of anilines is 1. The number of likely N-dealkylation sites (tertiary alicyclic amines) is 1. The van der Waals surface area contributed by atoms with Crippen LogP contribution in [0.1, 0.15) is 24.0 Å². The van der Waals surface area contributed by atoms with E-state index >= 15 is 0 Å². The van der Waals surface area contributed by atoms with Crippen molar-refractivity contribution >= 4 is 11.7 Å². The van der Waals surface area contributed by atoms with Gasteiger partial charge in [0.2, 0.25) is 0 Å². The number of piperidine rings is 1. The highest BCUT2D eigenvalue weighted by Gasteiger charge is 2.24. The monoisotopic (exact) mass is 325 g/mol. The summed E-state index contributed by atoms with van der Waals surface area (Å²) in [5.74, 6) is 0.788. The van der Waals surface area contributed by atoms with Crippen molar-refractivity contribution < 1.29 is 9.53 Å². The number of urea groups is 1. The molecule has 126 valence electrons. The highest BCUT2D eigenvalue weighted by molar-refractivity contribution is 5.89. The Hall–Kier alpha value is -2.56. The van der Waals surface area contributed by atoms with E-state index in [1.165, 1.54) is 11.1 Å². The van der Waals surface area contributed by atoms with Crippen molar-refractivity contribution in [3.05, 3.63) is 53.9 Å². The molecule has 0 bridgehead atoms. The summed E-state index contributed by atoms with van der Waals surface area (Å²) in [6.07, 6.45) is 5.25. The molecule has 3 rings (SSSR count). The average molecular weight is 325 g/mol. The molecule has 0 unspecified atom stereocenters. The molecule has 5 heteroatoms. The van der Waals surface area contributed by atoms with Gasteiger partial charge in [-0.2, -0.15) is 0 Å². The molecule has 1 aliphatic rings. The smallest absolute Gasteiger partial charge is 0.321 e. The summed E-state index contributed by atoms with van der Waals surface area (Å²) in [5, 5.41) is 2.98. The number of ether oxygens (including phenoxy) is 1. The fourth-order valence-electron chi connectivity index (χ4n) is 2.81. The first kappa shape index (κ1) is 16.3. The molecule has 1 aromatic carbocycles. The number of hydrogen-bond donors (Lipinski definition) is 1. The van der Waals surface area contributed by atoms with Crippen LogP contribution in [-0.4, -0.2) is 35.1 Å². The SMILES string of the molecule is Cc1ccc(NC(=O)N2CCC(Oc3cccnc3)CC2)cc1C. The van der Waals surface area contributed by atoms with E-state index in [0.29, 0.717) is 13.1 Å². The molecule has 0 aliphatic carbocycles. The topological polar surface area (TPSA) is 54.5 Å². The van der Waals surface area contributed by atoms with Gasteiger partial charge in [-0.1, -0.05) is 6.07 Å². The van der Waals surface area contributed by atoms with Crippen molar-refractivity contribution in [1.29, 1.82) is 0 Å². The molecule has 1 aliphatic heterocycles. The molecule has 0 radical (unpaired) electrons. The number of benzene rings is 1. The van der Waals surface area contributed by atoms with Gasteiger partial charge in [0.15, 0.2) is 0 Å². The summed E-state index contributed by atoms with van der Waals surface area (Å²) in [6.45, 7) is 5.50. The second kappa shape index (κ2) is 7.34. The number of nitrogens with one attached hydrogen (secondary N) is 1. The van der Waals surface area contributed by atoms with Crippen molar-refractivity contribution in [3.63, 3.8) is 0 Å². The lowest BCUT2D eigenvalue weighted by molar-refractivity contribution is 0.115. The Morgan fingerprint density at radius 3 is 2.67 bits per heavy atom. The van der Waals surface area contributed by atoms with Gasteiger partial charge in [-0.05, 0) is 49.2 Å². The van der Waals surface area contributed by atoms with Gasteiger partial charge in [0.05, 0.1) is 6.20 Å². The number of carbonyl (C=O) groups is 1. The second-order valence-corrected chi connectivity index (χ2v) is 6.22. The van der Waals surface area contributed by atoms with Crippen molar-refractivity contribution in [2.45, 2.75) is 32.8 Å². The zero-order chi connectivity index (χ0) is 16.9. The highest BCUT2D eigenvalue weighted by Crippen LogP contribution is 2.19. The first-order chi connectivity index (χ1) is 11.6. The van der Waals surface area contributed by atoms with Gasteiger partial charge in [-0.15, -0.1) is 0 Å². The minimum Gasteiger partial charge on any atom is -0.489 e. The molecular weight excluding hydrogens is 302 g/mol. The third-order valence-electron chi connectivity index (χ3n) is 4.42. The molecule has 24 heavy (non-hydrogen) atoms. The van der Waals surface area contributed by atoms with Gasteiger partial charge in [-0.25, -0.2) is 4.79 Å². The van der Waals surface area contributed by atoms with E-state index < -0.39 is 0 Å². The summed E-state index contributed by atoms with van der Waals surface area (Å²) in [5.41, 5.74) is 3.24. The Labute approximate surface area is 142 Å². The highest BCUT2D eigenvalue weighted by atomic mass is 16.5. The van der Waals surface area contributed by atoms with Crippen molar-refractivity contribution in [1.82, 2.24) is 9.88 Å². The molecule has 0 atom stereocenters. The normalized spacial score (nSPS) is 15.2. The van der Waals surface area contributed by atoms with Crippen LogP contribution in [0.4, 0.5) is 10.5 Å². The molecule has 1 aromatic heterocycles. The molecule has 1 fully saturated rings. The number of amides is 2. The van der Waals surface area contributed by atoms with Crippen LogP contribution in [0, 0.1) is 13.8 Å². The van der Waals surface area contributed by atoms with Gasteiger partial charge >= 0.3 is 6.03 Å². The molecule has 2 amide bonds. The molecule has 1 saturated heterocycles. The molecule has 5 nitrogen and oxygen atoms in total. The first-order valence-corrected chi connectivity index (χ1v) is 8.31. The van der Waals surface area contributed by atoms with Crippen molar-refractivity contribution in [2.75, 3.05) is 18.4 Å². The standard InChI is InChI=1S/C19H23N3O2/c1-14-5-6-16(12-15(14)2)21-19(23)22-10-7-17(8-11-22)24-18-4-3-9-20-13-18/h3-6,9,12-13,17H,7-8,10-11H2,1-2H3,(H,21,23). The van der Waals surface area contributed by atoms with E-state index in [1.54, 1.807) is 12.4 Å². The number of pyridine rings is 1. The Morgan fingerprint density at radius 2 is 2.00 bits per heavy atom. The lowest BCUT2D eigenvalue weighted by Gasteiger charge is -2.32.